The molecule has 10 heteroatoms. The summed E-state index contributed by atoms with van der Waals surface area (Å²) < 4.78 is 29.0. The molecule has 2 N–H and O–H groups in total. The van der Waals surface area contributed by atoms with Crippen LogP contribution in [-0.4, -0.2) is 32.2 Å². The number of nitrogens with zero attached hydrogens (tertiary/aromatic N) is 2. The second-order valence-corrected chi connectivity index (χ2v) is 10.9. The van der Waals surface area contributed by atoms with Crippen molar-refractivity contribution in [2.75, 3.05) is 10.8 Å². The van der Waals surface area contributed by atoms with Gasteiger partial charge >= 0.3 is 0 Å². The maximum atomic E-state index is 13.4. The van der Waals surface area contributed by atoms with Gasteiger partial charge in [0.2, 0.25) is 0 Å². The molecule has 0 saturated carbocycles. The highest BCUT2D eigenvalue weighted by Gasteiger charge is 2.28. The third-order valence-electron chi connectivity index (χ3n) is 4.69. The lowest BCUT2D eigenvalue weighted by Gasteiger charge is -2.25. The lowest BCUT2D eigenvalue weighted by atomic mass is 10.1. The van der Waals surface area contributed by atoms with Crippen molar-refractivity contribution in [2.24, 2.45) is 5.10 Å². The Bertz CT molecular complexity index is 1310. The van der Waals surface area contributed by atoms with Crippen LogP contribution in [0.2, 0.25) is 0 Å². The molecule has 0 atom stereocenters. The molecule has 0 aliphatic rings. The van der Waals surface area contributed by atoms with Crippen LogP contribution in [0.3, 0.4) is 0 Å². The SMILES string of the molecule is Cc1ccc(N(CC(=O)NN=Cc2cc(Br)cc(Br)c2O)S(=O)(=O)c2ccccc2)c(C)c1. The first kappa shape index (κ1) is 24.9. The van der Waals surface area contributed by atoms with E-state index in [0.29, 0.717) is 20.2 Å². The standard InChI is InChI=1S/C23H21Br2N3O4S/c1-15-8-9-21(16(2)10-15)28(33(31,32)19-6-4-3-5-7-19)14-22(29)27-26-13-17-11-18(24)12-20(25)23(17)30/h3-13,30H,14H2,1-2H3,(H,27,29). The zero-order valence-corrected chi connectivity index (χ0v) is 21.8. The maximum Gasteiger partial charge on any atom is 0.264 e. The number of aromatic hydroxyl groups is 1. The van der Waals surface area contributed by atoms with Crippen LogP contribution >= 0.6 is 31.9 Å². The van der Waals surface area contributed by atoms with Gasteiger partial charge in [0, 0.05) is 10.0 Å². The molecular weight excluding hydrogens is 574 g/mol. The Morgan fingerprint density at radius 2 is 1.79 bits per heavy atom. The van der Waals surface area contributed by atoms with E-state index in [4.69, 9.17) is 0 Å². The molecule has 7 nitrogen and oxygen atoms in total. The van der Waals surface area contributed by atoms with Gasteiger partial charge in [0.15, 0.2) is 0 Å². The fraction of sp³-hybridized carbons (Fsp3) is 0.130. The van der Waals surface area contributed by atoms with Crippen LogP contribution in [0.1, 0.15) is 16.7 Å². The van der Waals surface area contributed by atoms with E-state index in [-0.39, 0.29) is 10.6 Å². The zero-order valence-electron chi connectivity index (χ0n) is 17.8. The molecule has 172 valence electrons. The Kier molecular flexibility index (Phi) is 7.93. The van der Waals surface area contributed by atoms with Crippen LogP contribution in [0.5, 0.6) is 5.75 Å². The molecule has 0 aliphatic carbocycles. The predicted octanol–water partition coefficient (Wildman–Crippen LogP) is 4.88. The van der Waals surface area contributed by atoms with Crippen LogP contribution in [-0.2, 0) is 14.8 Å². The number of anilines is 1. The first-order chi connectivity index (χ1) is 15.6. The molecule has 3 aromatic carbocycles. The second-order valence-electron chi connectivity index (χ2n) is 7.23. The molecule has 0 fully saturated rings. The number of sulfonamides is 1. The third kappa shape index (κ3) is 6.01. The van der Waals surface area contributed by atoms with E-state index in [1.54, 1.807) is 49.4 Å². The number of phenolic OH excluding ortho intramolecular Hbond substituents is 1. The summed E-state index contributed by atoms with van der Waals surface area (Å²) in [4.78, 5) is 12.8. The normalized spacial score (nSPS) is 11.5. The summed E-state index contributed by atoms with van der Waals surface area (Å²) in [7, 11) is -4.01. The number of phenols is 1. The molecule has 0 aliphatic heterocycles. The van der Waals surface area contributed by atoms with Crippen molar-refractivity contribution in [3.8, 4) is 5.75 Å². The van der Waals surface area contributed by atoms with Gasteiger partial charge in [-0.05, 0) is 65.7 Å². The van der Waals surface area contributed by atoms with Crippen LogP contribution in [0.4, 0.5) is 5.69 Å². The average Bonchev–Trinajstić information content (AvgIpc) is 2.76. The molecule has 0 spiro atoms. The van der Waals surface area contributed by atoms with Crippen LogP contribution in [0.15, 0.2) is 79.6 Å². The van der Waals surface area contributed by atoms with Gasteiger partial charge in [-0.2, -0.15) is 5.10 Å². The van der Waals surface area contributed by atoms with Crippen molar-refractivity contribution in [1.82, 2.24) is 5.43 Å². The first-order valence-electron chi connectivity index (χ1n) is 9.74. The van der Waals surface area contributed by atoms with E-state index in [1.807, 2.05) is 13.0 Å². The number of hydrogen-bond acceptors (Lipinski definition) is 5. The highest BCUT2D eigenvalue weighted by atomic mass is 79.9. The van der Waals surface area contributed by atoms with Crippen LogP contribution in [0.25, 0.3) is 0 Å². The lowest BCUT2D eigenvalue weighted by molar-refractivity contribution is -0.119. The van der Waals surface area contributed by atoms with Crippen molar-refractivity contribution < 1.29 is 18.3 Å². The number of benzene rings is 3. The fourth-order valence-electron chi connectivity index (χ4n) is 3.13. The number of aryl methyl sites for hydroxylation is 2. The Hall–Kier alpha value is -2.69. The minimum Gasteiger partial charge on any atom is -0.506 e. The molecule has 1 amide bonds. The summed E-state index contributed by atoms with van der Waals surface area (Å²) in [6.07, 6.45) is 1.27. The first-order valence-corrected chi connectivity index (χ1v) is 12.8. The summed E-state index contributed by atoms with van der Waals surface area (Å²) in [5.41, 5.74) is 4.79. The Morgan fingerprint density at radius 1 is 1.09 bits per heavy atom. The molecule has 0 aromatic heterocycles. The molecule has 0 unspecified atom stereocenters. The molecule has 3 aromatic rings. The molecule has 0 saturated heterocycles. The Labute approximate surface area is 209 Å². The topological polar surface area (TPSA) is 99.1 Å². The second kappa shape index (κ2) is 10.5. The monoisotopic (exact) mass is 593 g/mol. The van der Waals surface area contributed by atoms with Gasteiger partial charge in [-0.1, -0.05) is 51.8 Å². The van der Waals surface area contributed by atoms with E-state index in [0.717, 1.165) is 15.4 Å². The minimum atomic E-state index is -4.01. The van der Waals surface area contributed by atoms with Gasteiger partial charge in [0.05, 0.1) is 21.3 Å². The number of hydrogen-bond donors (Lipinski definition) is 2. The van der Waals surface area contributed by atoms with Gasteiger partial charge in [0.1, 0.15) is 12.3 Å². The highest BCUT2D eigenvalue weighted by molar-refractivity contribution is 9.11. The van der Waals surface area contributed by atoms with Gasteiger partial charge < -0.3 is 5.11 Å². The van der Waals surface area contributed by atoms with Gasteiger partial charge in [-0.15, -0.1) is 0 Å². The van der Waals surface area contributed by atoms with Gasteiger partial charge in [-0.25, -0.2) is 13.8 Å². The van der Waals surface area contributed by atoms with Gasteiger partial charge in [0.25, 0.3) is 15.9 Å². The minimum absolute atomic E-state index is 0.0419. The number of rotatable bonds is 7. The van der Waals surface area contributed by atoms with E-state index in [1.165, 1.54) is 18.3 Å². The largest absolute Gasteiger partial charge is 0.506 e. The quantitative estimate of drug-likeness (QED) is 0.301. The average molecular weight is 595 g/mol. The number of carbonyl (C=O) groups excluding carboxylic acids is 1. The number of halogens is 2. The predicted molar refractivity (Wildman–Crippen MR) is 136 cm³/mol. The lowest BCUT2D eigenvalue weighted by Crippen LogP contribution is -2.40. The van der Waals surface area contributed by atoms with Crippen molar-refractivity contribution in [3.05, 3.63) is 86.3 Å². The summed E-state index contributed by atoms with van der Waals surface area (Å²) >= 11 is 6.55. The third-order valence-corrected chi connectivity index (χ3v) is 7.53. The van der Waals surface area contributed by atoms with Gasteiger partial charge in [-0.3, -0.25) is 9.10 Å². The van der Waals surface area contributed by atoms with Crippen molar-refractivity contribution in [1.29, 1.82) is 0 Å². The number of amides is 1. The number of carbonyl (C=O) groups is 1. The summed E-state index contributed by atoms with van der Waals surface area (Å²) in [5.74, 6) is -0.681. The number of nitrogens with one attached hydrogen (secondary N) is 1. The highest BCUT2D eigenvalue weighted by Crippen LogP contribution is 2.30. The molecule has 3 rings (SSSR count). The Balaban J connectivity index is 1.88. The molecule has 0 bridgehead atoms. The van der Waals surface area contributed by atoms with Crippen LogP contribution < -0.4 is 9.73 Å². The van der Waals surface area contributed by atoms with Crippen molar-refractivity contribution in [3.63, 3.8) is 0 Å². The van der Waals surface area contributed by atoms with Crippen LogP contribution in [0, 0.1) is 13.8 Å². The number of hydrazone groups is 1. The van der Waals surface area contributed by atoms with Crippen molar-refractivity contribution in [2.45, 2.75) is 18.7 Å². The molecular formula is C23H21Br2N3O4S. The molecule has 0 heterocycles. The van der Waals surface area contributed by atoms with Crippen molar-refractivity contribution >= 4 is 59.7 Å². The maximum absolute atomic E-state index is 13.4. The molecule has 33 heavy (non-hydrogen) atoms. The Morgan fingerprint density at radius 3 is 2.45 bits per heavy atom. The van der Waals surface area contributed by atoms with E-state index in [2.05, 4.69) is 42.4 Å². The van der Waals surface area contributed by atoms with E-state index in [9.17, 15) is 18.3 Å². The summed E-state index contributed by atoms with van der Waals surface area (Å²) in [6, 6.07) is 16.5. The zero-order chi connectivity index (χ0) is 24.2. The smallest absolute Gasteiger partial charge is 0.264 e. The van der Waals surface area contributed by atoms with E-state index >= 15 is 0 Å². The molecule has 0 radical (unpaired) electrons. The summed E-state index contributed by atoms with van der Waals surface area (Å²) in [6.45, 7) is 3.22. The van der Waals surface area contributed by atoms with E-state index < -0.39 is 22.5 Å². The fourth-order valence-corrected chi connectivity index (χ4v) is 5.89. The summed E-state index contributed by atoms with van der Waals surface area (Å²) in [5, 5.41) is 14.0.